The number of carbonyl (C=O) groups is 1. The average Bonchev–Trinajstić information content (AvgIpc) is 2.23. The fraction of sp³-hybridized carbons (Fsp3) is 0.923. The summed E-state index contributed by atoms with van der Waals surface area (Å²) in [5, 5.41) is 12.2. The number of carboxylic acid groups (broad SMARTS) is 1. The smallest absolute Gasteiger partial charge is 0.326 e. The van der Waals surface area contributed by atoms with Gasteiger partial charge in [-0.05, 0) is 41.0 Å². The molecule has 0 bridgehead atoms. The Morgan fingerprint density at radius 1 is 1.33 bits per heavy atom. The van der Waals surface area contributed by atoms with E-state index in [1.54, 1.807) is 14.0 Å². The van der Waals surface area contributed by atoms with Crippen molar-refractivity contribution >= 4 is 5.97 Å². The van der Waals surface area contributed by atoms with Crippen LogP contribution in [-0.2, 0) is 14.3 Å². The molecule has 1 atom stereocenters. The second kappa shape index (κ2) is 7.07. The molecule has 5 heteroatoms. The number of nitrogens with one attached hydrogen (secondary N) is 1. The lowest BCUT2D eigenvalue weighted by Crippen LogP contribution is -2.55. The Labute approximate surface area is 110 Å². The summed E-state index contributed by atoms with van der Waals surface area (Å²) in [5.74, 6) is -0.901. The van der Waals surface area contributed by atoms with Crippen LogP contribution in [-0.4, -0.2) is 48.6 Å². The zero-order chi connectivity index (χ0) is 14.4. The zero-order valence-corrected chi connectivity index (χ0v) is 12.4. The Kier molecular flexibility index (Phi) is 6.81. The van der Waals surface area contributed by atoms with Gasteiger partial charge in [0.25, 0.3) is 0 Å². The zero-order valence-electron chi connectivity index (χ0n) is 12.4. The Morgan fingerprint density at radius 2 is 1.89 bits per heavy atom. The lowest BCUT2D eigenvalue weighted by Gasteiger charge is -2.29. The average molecular weight is 261 g/mol. The molecule has 0 saturated heterocycles. The van der Waals surface area contributed by atoms with Gasteiger partial charge in [0.1, 0.15) is 5.54 Å². The lowest BCUT2D eigenvalue weighted by atomic mass is 10.0. The summed E-state index contributed by atoms with van der Waals surface area (Å²) >= 11 is 0. The second-order valence-corrected chi connectivity index (χ2v) is 5.70. The SMILES string of the molecule is COC(C)(C)CCOCC(C)(NC(C)C)C(=O)O. The summed E-state index contributed by atoms with van der Waals surface area (Å²) in [6, 6.07) is 0.0881. The molecule has 0 aliphatic rings. The summed E-state index contributed by atoms with van der Waals surface area (Å²) in [5.41, 5.74) is -1.30. The molecule has 1 unspecified atom stereocenters. The molecule has 2 N–H and O–H groups in total. The number of hydrogen-bond donors (Lipinski definition) is 2. The van der Waals surface area contributed by atoms with Crippen molar-refractivity contribution < 1.29 is 19.4 Å². The van der Waals surface area contributed by atoms with Crippen LogP contribution in [0, 0.1) is 0 Å². The van der Waals surface area contributed by atoms with Crippen LogP contribution in [0.25, 0.3) is 0 Å². The first-order valence-electron chi connectivity index (χ1n) is 6.27. The van der Waals surface area contributed by atoms with E-state index in [1.807, 2.05) is 27.7 Å². The minimum absolute atomic E-state index is 0.0881. The van der Waals surface area contributed by atoms with E-state index in [1.165, 1.54) is 0 Å². The summed E-state index contributed by atoms with van der Waals surface area (Å²) < 4.78 is 10.7. The van der Waals surface area contributed by atoms with E-state index in [4.69, 9.17) is 9.47 Å². The molecule has 18 heavy (non-hydrogen) atoms. The first-order valence-corrected chi connectivity index (χ1v) is 6.27. The van der Waals surface area contributed by atoms with Crippen molar-refractivity contribution in [3.8, 4) is 0 Å². The summed E-state index contributed by atoms with van der Waals surface area (Å²) in [6.45, 7) is 10.0. The van der Waals surface area contributed by atoms with Crippen molar-refractivity contribution in [1.29, 1.82) is 0 Å². The van der Waals surface area contributed by atoms with Gasteiger partial charge < -0.3 is 14.6 Å². The Hall–Kier alpha value is -0.650. The first kappa shape index (κ1) is 17.4. The maximum Gasteiger partial charge on any atom is 0.326 e. The van der Waals surface area contributed by atoms with Crippen LogP contribution in [0.2, 0.25) is 0 Å². The van der Waals surface area contributed by atoms with Crippen LogP contribution in [0.5, 0.6) is 0 Å². The second-order valence-electron chi connectivity index (χ2n) is 5.70. The number of methoxy groups -OCH3 is 1. The van der Waals surface area contributed by atoms with Gasteiger partial charge in [-0.25, -0.2) is 0 Å². The number of rotatable bonds is 9. The van der Waals surface area contributed by atoms with Crippen LogP contribution in [0.15, 0.2) is 0 Å². The highest BCUT2D eigenvalue weighted by Gasteiger charge is 2.34. The monoisotopic (exact) mass is 261 g/mol. The van der Waals surface area contributed by atoms with Crippen LogP contribution < -0.4 is 5.32 Å². The molecule has 0 rings (SSSR count). The van der Waals surface area contributed by atoms with E-state index in [0.29, 0.717) is 6.61 Å². The van der Waals surface area contributed by atoms with Gasteiger partial charge in [-0.2, -0.15) is 0 Å². The van der Waals surface area contributed by atoms with Crippen molar-refractivity contribution in [2.45, 2.75) is 58.2 Å². The molecular formula is C13H27NO4. The molecule has 0 aromatic heterocycles. The van der Waals surface area contributed by atoms with E-state index in [0.717, 1.165) is 6.42 Å². The van der Waals surface area contributed by atoms with Gasteiger partial charge in [0, 0.05) is 19.8 Å². The van der Waals surface area contributed by atoms with Crippen molar-refractivity contribution in [3.05, 3.63) is 0 Å². The largest absolute Gasteiger partial charge is 0.480 e. The van der Waals surface area contributed by atoms with E-state index < -0.39 is 11.5 Å². The third-order valence-electron chi connectivity index (χ3n) is 2.87. The van der Waals surface area contributed by atoms with Crippen molar-refractivity contribution in [2.75, 3.05) is 20.3 Å². The third kappa shape index (κ3) is 6.33. The van der Waals surface area contributed by atoms with Crippen LogP contribution in [0.3, 0.4) is 0 Å². The number of ether oxygens (including phenoxy) is 2. The third-order valence-corrected chi connectivity index (χ3v) is 2.87. The fourth-order valence-corrected chi connectivity index (χ4v) is 1.50. The molecule has 0 saturated carbocycles. The number of aliphatic carboxylic acids is 1. The van der Waals surface area contributed by atoms with E-state index in [2.05, 4.69) is 5.32 Å². The molecule has 108 valence electrons. The topological polar surface area (TPSA) is 67.8 Å². The molecule has 0 heterocycles. The van der Waals surface area contributed by atoms with E-state index >= 15 is 0 Å². The molecule has 0 aliphatic carbocycles. The summed E-state index contributed by atoms with van der Waals surface area (Å²) in [4.78, 5) is 11.2. The van der Waals surface area contributed by atoms with Gasteiger partial charge in [-0.15, -0.1) is 0 Å². The van der Waals surface area contributed by atoms with E-state index in [-0.39, 0.29) is 18.2 Å². The standard InChI is InChI=1S/C13H27NO4/c1-10(2)14-13(5,11(15)16)9-18-8-7-12(3,4)17-6/h10,14H,7-9H2,1-6H3,(H,15,16). The summed E-state index contributed by atoms with van der Waals surface area (Å²) in [6.07, 6.45) is 0.723. The van der Waals surface area contributed by atoms with Gasteiger partial charge in [-0.1, -0.05) is 0 Å². The maximum atomic E-state index is 11.2. The number of hydrogen-bond acceptors (Lipinski definition) is 4. The van der Waals surface area contributed by atoms with Gasteiger partial charge in [0.2, 0.25) is 0 Å². The normalized spacial score (nSPS) is 15.7. The Morgan fingerprint density at radius 3 is 2.28 bits per heavy atom. The van der Waals surface area contributed by atoms with Crippen molar-refractivity contribution in [3.63, 3.8) is 0 Å². The van der Waals surface area contributed by atoms with Crippen molar-refractivity contribution in [2.24, 2.45) is 0 Å². The molecule has 0 spiro atoms. The van der Waals surface area contributed by atoms with Crippen LogP contribution in [0.1, 0.15) is 41.0 Å². The molecule has 5 nitrogen and oxygen atoms in total. The van der Waals surface area contributed by atoms with Crippen LogP contribution in [0.4, 0.5) is 0 Å². The van der Waals surface area contributed by atoms with Gasteiger partial charge in [0.05, 0.1) is 12.2 Å². The molecule has 0 aliphatic heterocycles. The highest BCUT2D eigenvalue weighted by atomic mass is 16.5. The minimum Gasteiger partial charge on any atom is -0.480 e. The van der Waals surface area contributed by atoms with Gasteiger partial charge >= 0.3 is 5.97 Å². The summed E-state index contributed by atoms with van der Waals surface area (Å²) in [7, 11) is 1.65. The predicted molar refractivity (Wildman–Crippen MR) is 70.8 cm³/mol. The van der Waals surface area contributed by atoms with E-state index in [9.17, 15) is 9.90 Å². The quantitative estimate of drug-likeness (QED) is 0.618. The Bertz CT molecular complexity index is 266. The molecule has 0 aromatic carbocycles. The predicted octanol–water partition coefficient (Wildman–Crippen LogP) is 1.66. The maximum absolute atomic E-state index is 11.2. The minimum atomic E-state index is -1.05. The molecule has 0 aromatic rings. The molecule has 0 amide bonds. The Balaban J connectivity index is 4.18. The molecule has 0 radical (unpaired) electrons. The van der Waals surface area contributed by atoms with Gasteiger partial charge in [-0.3, -0.25) is 10.1 Å². The fourth-order valence-electron chi connectivity index (χ4n) is 1.50. The highest BCUT2D eigenvalue weighted by Crippen LogP contribution is 2.14. The van der Waals surface area contributed by atoms with Crippen LogP contribution >= 0.6 is 0 Å². The van der Waals surface area contributed by atoms with Gasteiger partial charge in [0.15, 0.2) is 0 Å². The molecule has 0 fully saturated rings. The number of carboxylic acids is 1. The first-order chi connectivity index (χ1) is 8.13. The molecular weight excluding hydrogens is 234 g/mol. The lowest BCUT2D eigenvalue weighted by molar-refractivity contribution is -0.147. The van der Waals surface area contributed by atoms with Crippen molar-refractivity contribution in [1.82, 2.24) is 5.32 Å². The highest BCUT2D eigenvalue weighted by molar-refractivity contribution is 5.78.